The Morgan fingerprint density at radius 3 is 2.08 bits per heavy atom. The third kappa shape index (κ3) is 4.84. The lowest BCUT2D eigenvalue weighted by atomic mass is 10.2. The molecule has 26 heavy (non-hydrogen) atoms. The molecule has 6 nitrogen and oxygen atoms in total. The van der Waals surface area contributed by atoms with Gasteiger partial charge in [0.15, 0.2) is 0 Å². The minimum absolute atomic E-state index is 0.0104. The van der Waals surface area contributed by atoms with E-state index in [0.717, 1.165) is 0 Å². The zero-order valence-electron chi connectivity index (χ0n) is 13.0. The standard InChI is InChI=1S/C13H12ClF6N3O3/c1-2-25-10(24)22-11(12(15,16)17,13(18,19)20)26-23-9(21)7-3-5-8(14)6-4-7/h3-6H,2H2,1H3,(H2,21,23)(H,22,24)/p+1. The number of carbonyl (C=O) groups is 1. The van der Waals surface area contributed by atoms with Gasteiger partial charge in [0.25, 0.3) is 0 Å². The Morgan fingerprint density at radius 2 is 1.65 bits per heavy atom. The van der Waals surface area contributed by atoms with Crippen LogP contribution in [0.25, 0.3) is 0 Å². The first-order chi connectivity index (χ1) is 11.8. The summed E-state index contributed by atoms with van der Waals surface area (Å²) in [5.41, 5.74) is 0.269. The molecule has 0 aromatic heterocycles. The highest BCUT2D eigenvalue weighted by atomic mass is 35.5. The minimum atomic E-state index is -6.11. The molecule has 13 heteroatoms. The van der Waals surface area contributed by atoms with E-state index in [-0.39, 0.29) is 10.6 Å². The summed E-state index contributed by atoms with van der Waals surface area (Å²) in [4.78, 5) is 15.0. The summed E-state index contributed by atoms with van der Waals surface area (Å²) in [5.74, 6) is -0.690. The first kappa shape index (κ1) is 21.7. The number of rotatable bonds is 5. The van der Waals surface area contributed by atoms with Gasteiger partial charge in [-0.3, -0.25) is 15.9 Å². The van der Waals surface area contributed by atoms with Crippen LogP contribution in [0.4, 0.5) is 31.1 Å². The summed E-state index contributed by atoms with van der Waals surface area (Å²) in [7, 11) is 0. The normalized spacial score (nSPS) is 13.3. The number of hydrogen-bond acceptors (Lipinski definition) is 3. The minimum Gasteiger partial charge on any atom is -0.450 e. The fourth-order valence-electron chi connectivity index (χ4n) is 1.57. The van der Waals surface area contributed by atoms with Gasteiger partial charge in [0.1, 0.15) is 0 Å². The first-order valence-corrected chi connectivity index (χ1v) is 7.12. The monoisotopic (exact) mass is 408 g/mol. The second-order valence-corrected chi connectivity index (χ2v) is 5.08. The second kappa shape index (κ2) is 7.89. The molecule has 0 radical (unpaired) electrons. The smallest absolute Gasteiger partial charge is 0.450 e. The molecule has 0 saturated heterocycles. The predicted molar refractivity (Wildman–Crippen MR) is 76.8 cm³/mol. The summed E-state index contributed by atoms with van der Waals surface area (Å²) in [6.45, 7) is 0.720. The van der Waals surface area contributed by atoms with Crippen LogP contribution in [-0.4, -0.2) is 36.6 Å². The van der Waals surface area contributed by atoms with E-state index in [2.05, 4.69) is 9.57 Å². The van der Waals surface area contributed by atoms with Gasteiger partial charge >= 0.3 is 30.0 Å². The lowest BCUT2D eigenvalue weighted by molar-refractivity contribution is -0.799. The molecule has 0 heterocycles. The topological polar surface area (TPSA) is 87.5 Å². The predicted octanol–water partition coefficient (Wildman–Crippen LogP) is 1.62. The molecule has 1 rings (SSSR count). The van der Waals surface area contributed by atoms with Gasteiger partial charge in [-0.25, -0.2) is 4.79 Å². The second-order valence-electron chi connectivity index (χ2n) is 4.65. The molecule has 1 aromatic rings. The van der Waals surface area contributed by atoms with E-state index in [1.807, 2.05) is 0 Å². The van der Waals surface area contributed by atoms with E-state index >= 15 is 0 Å². The van der Waals surface area contributed by atoms with E-state index in [4.69, 9.17) is 17.3 Å². The van der Waals surface area contributed by atoms with Gasteiger partial charge < -0.3 is 4.74 Å². The molecule has 1 aromatic carbocycles. The highest BCUT2D eigenvalue weighted by molar-refractivity contribution is 6.30. The van der Waals surface area contributed by atoms with Crippen LogP contribution in [-0.2, 0) is 9.57 Å². The Bertz CT molecular complexity index is 647. The van der Waals surface area contributed by atoms with Gasteiger partial charge in [0, 0.05) is 5.02 Å². The molecule has 0 aliphatic heterocycles. The number of nitrogens with one attached hydrogen (secondary N) is 2. The summed E-state index contributed by atoms with van der Waals surface area (Å²) in [6, 6.07) is 5.03. The van der Waals surface area contributed by atoms with Crippen LogP contribution in [0.1, 0.15) is 12.5 Å². The fraction of sp³-hybridized carbons (Fsp3) is 0.385. The number of amidine groups is 1. The molecule has 0 saturated carbocycles. The largest absolute Gasteiger partial charge is 0.463 e. The van der Waals surface area contributed by atoms with E-state index in [1.54, 1.807) is 0 Å². The molecule has 0 fully saturated rings. The number of alkyl halides is 6. The van der Waals surface area contributed by atoms with Crippen molar-refractivity contribution < 1.29 is 45.9 Å². The summed E-state index contributed by atoms with van der Waals surface area (Å²) in [6.07, 6.45) is -14.2. The number of benzene rings is 1. The molecule has 0 unspecified atom stereocenters. The van der Waals surface area contributed by atoms with Gasteiger partial charge in [0.2, 0.25) is 0 Å². The molecule has 0 aliphatic rings. The van der Waals surface area contributed by atoms with Crippen molar-refractivity contribution in [2.75, 3.05) is 6.61 Å². The molecule has 146 valence electrons. The Kier molecular flexibility index (Phi) is 6.58. The summed E-state index contributed by atoms with van der Waals surface area (Å²) < 4.78 is 83.0. The fourth-order valence-corrected chi connectivity index (χ4v) is 1.70. The van der Waals surface area contributed by atoms with Crippen molar-refractivity contribution in [3.8, 4) is 0 Å². The van der Waals surface area contributed by atoms with Crippen LogP contribution in [0, 0.1) is 0 Å². The van der Waals surface area contributed by atoms with Crippen LogP contribution in [0.3, 0.4) is 0 Å². The van der Waals surface area contributed by atoms with Crippen molar-refractivity contribution in [2.45, 2.75) is 25.0 Å². The Morgan fingerprint density at radius 1 is 1.15 bits per heavy atom. The SMILES string of the molecule is CCOC(=O)NC(O[NH+]=C(N)c1ccc(Cl)cc1)(C(F)(F)F)C(F)(F)F. The van der Waals surface area contributed by atoms with E-state index in [0.29, 0.717) is 5.32 Å². The average molecular weight is 409 g/mol. The maximum Gasteiger partial charge on any atom is 0.463 e. The van der Waals surface area contributed by atoms with Crippen molar-refractivity contribution in [2.24, 2.45) is 5.73 Å². The first-order valence-electron chi connectivity index (χ1n) is 6.75. The highest BCUT2D eigenvalue weighted by Gasteiger charge is 2.77. The van der Waals surface area contributed by atoms with E-state index in [9.17, 15) is 31.1 Å². The molecule has 0 bridgehead atoms. The van der Waals surface area contributed by atoms with Crippen molar-refractivity contribution in [3.05, 3.63) is 34.9 Å². The van der Waals surface area contributed by atoms with Gasteiger partial charge in [-0.15, -0.1) is 0 Å². The number of nitrogens with two attached hydrogens (primary N) is 1. The third-order valence-corrected chi connectivity index (χ3v) is 3.07. The molecule has 1 amide bonds. The molecular formula is C13H13ClF6N3O3+. The maximum atomic E-state index is 13.2. The summed E-state index contributed by atoms with van der Waals surface area (Å²) in [5, 5.41) is 2.26. The number of amides is 1. The number of hydrogen-bond donors (Lipinski definition) is 3. The maximum absolute atomic E-state index is 13.2. The number of alkyl carbamates (subject to hydrolysis) is 1. The van der Waals surface area contributed by atoms with Gasteiger partial charge in [0.05, 0.1) is 12.2 Å². The van der Waals surface area contributed by atoms with Crippen LogP contribution in [0.15, 0.2) is 24.3 Å². The van der Waals surface area contributed by atoms with Crippen LogP contribution < -0.4 is 16.2 Å². The lowest BCUT2D eigenvalue weighted by Crippen LogP contribution is -2.85. The summed E-state index contributed by atoms with van der Waals surface area (Å²) >= 11 is 5.61. The van der Waals surface area contributed by atoms with Crippen molar-refractivity contribution in [3.63, 3.8) is 0 Å². The van der Waals surface area contributed by atoms with E-state index < -0.39 is 36.6 Å². The van der Waals surface area contributed by atoms with Crippen molar-refractivity contribution in [1.29, 1.82) is 0 Å². The van der Waals surface area contributed by atoms with Gasteiger partial charge in [-0.05, 0) is 31.2 Å². The van der Waals surface area contributed by atoms with Crippen LogP contribution in [0.5, 0.6) is 0 Å². The Labute approximate surface area is 147 Å². The number of carbonyl (C=O) groups excluding carboxylic acids is 1. The van der Waals surface area contributed by atoms with Gasteiger partial charge in [-0.1, -0.05) is 16.8 Å². The highest BCUT2D eigenvalue weighted by Crippen LogP contribution is 2.42. The van der Waals surface area contributed by atoms with Crippen LogP contribution >= 0.6 is 11.6 Å². The van der Waals surface area contributed by atoms with Crippen molar-refractivity contribution >= 4 is 23.5 Å². The average Bonchev–Trinajstić information content (AvgIpc) is 2.49. The molecular weight excluding hydrogens is 396 g/mol. The quantitative estimate of drug-likeness (QED) is 0.227. The zero-order valence-corrected chi connectivity index (χ0v) is 13.7. The van der Waals surface area contributed by atoms with Crippen LogP contribution in [0.2, 0.25) is 5.02 Å². The van der Waals surface area contributed by atoms with Gasteiger partial charge in [-0.2, -0.15) is 26.3 Å². The number of halogens is 7. The zero-order chi connectivity index (χ0) is 20.2. The molecule has 0 spiro atoms. The molecule has 0 aliphatic carbocycles. The molecule has 0 atom stereocenters. The molecule has 4 N–H and O–H groups in total. The number of nitrogen functional groups attached to an aromatic ring is 1. The third-order valence-electron chi connectivity index (χ3n) is 2.82. The number of ether oxygens (including phenoxy) is 1. The Balaban J connectivity index is 3.29. The Hall–Kier alpha value is -2.37. The lowest BCUT2D eigenvalue weighted by Gasteiger charge is -2.33. The van der Waals surface area contributed by atoms with Crippen molar-refractivity contribution in [1.82, 2.24) is 5.32 Å². The van der Waals surface area contributed by atoms with E-state index in [1.165, 1.54) is 36.3 Å².